The van der Waals surface area contributed by atoms with Gasteiger partial charge >= 0.3 is 5.97 Å². The van der Waals surface area contributed by atoms with Crippen LogP contribution in [-0.2, 0) is 19.1 Å². The Labute approximate surface area is 182 Å². The molecule has 1 aliphatic rings. The van der Waals surface area contributed by atoms with E-state index in [9.17, 15) is 34.5 Å². The van der Waals surface area contributed by atoms with E-state index in [0.29, 0.717) is 0 Å². The predicted octanol–water partition coefficient (Wildman–Crippen LogP) is -2.88. The molecule has 5 atom stereocenters. The molecule has 2 heterocycles. The molecule has 13 heteroatoms. The summed E-state index contributed by atoms with van der Waals surface area (Å²) in [5.74, 6) is -3.66. The zero-order valence-corrected chi connectivity index (χ0v) is 17.1. The average molecular weight is 455 g/mol. The van der Waals surface area contributed by atoms with Gasteiger partial charge in [-0.2, -0.15) is 0 Å². The number of aliphatic hydroxyl groups is 3. The van der Waals surface area contributed by atoms with E-state index in [1.165, 1.54) is 18.4 Å². The minimum Gasteiger partial charge on any atom is -0.478 e. The summed E-state index contributed by atoms with van der Waals surface area (Å²) in [5, 5.41) is 46.0. The van der Waals surface area contributed by atoms with Gasteiger partial charge in [0.05, 0.1) is 38.0 Å². The lowest BCUT2D eigenvalue weighted by Crippen LogP contribution is -2.64. The van der Waals surface area contributed by atoms with Crippen LogP contribution in [0.1, 0.15) is 17.5 Å². The number of carbonyl (C=O) groups is 4. The summed E-state index contributed by atoms with van der Waals surface area (Å²) >= 11 is 0. The second kappa shape index (κ2) is 11.4. The summed E-state index contributed by atoms with van der Waals surface area (Å²) in [6.45, 7) is -0.239. The van der Waals surface area contributed by atoms with Crippen LogP contribution in [0.5, 0.6) is 0 Å². The van der Waals surface area contributed by atoms with E-state index >= 15 is 0 Å². The van der Waals surface area contributed by atoms with E-state index in [0.717, 1.165) is 13.0 Å². The van der Waals surface area contributed by atoms with E-state index < -0.39 is 60.5 Å². The van der Waals surface area contributed by atoms with Gasteiger partial charge in [0.15, 0.2) is 5.76 Å². The number of carboxylic acids is 1. The Kier molecular flexibility index (Phi) is 8.90. The van der Waals surface area contributed by atoms with Gasteiger partial charge in [0, 0.05) is 6.92 Å². The van der Waals surface area contributed by atoms with Crippen LogP contribution in [-0.4, -0.2) is 94.1 Å². The lowest BCUT2D eigenvalue weighted by Gasteiger charge is -2.40. The van der Waals surface area contributed by atoms with Gasteiger partial charge in [0.2, 0.25) is 23.4 Å². The van der Waals surface area contributed by atoms with E-state index in [-0.39, 0.29) is 24.6 Å². The molecule has 0 saturated carbocycles. The first kappa shape index (κ1) is 25.0. The monoisotopic (exact) mass is 455 g/mol. The number of aliphatic hydroxyl groups excluding tert-OH is 3. The van der Waals surface area contributed by atoms with Crippen LogP contribution in [0.25, 0.3) is 0 Å². The Morgan fingerprint density at radius 2 is 1.88 bits per heavy atom. The molecule has 13 nitrogen and oxygen atoms in total. The number of carboxylic acid groups (broad SMARTS) is 1. The molecule has 2 amide bonds. The molecule has 0 saturated heterocycles. The van der Waals surface area contributed by atoms with Crippen molar-refractivity contribution < 1.29 is 48.8 Å². The van der Waals surface area contributed by atoms with E-state index in [2.05, 4.69) is 16.0 Å². The number of nitrogens with one attached hydrogen (secondary N) is 3. The highest BCUT2D eigenvalue weighted by Gasteiger charge is 2.44. The molecular weight excluding hydrogens is 430 g/mol. The van der Waals surface area contributed by atoms with Crippen molar-refractivity contribution in [3.8, 4) is 0 Å². The van der Waals surface area contributed by atoms with Gasteiger partial charge in [0.1, 0.15) is 18.3 Å². The van der Waals surface area contributed by atoms with Crippen molar-refractivity contribution in [2.24, 2.45) is 0 Å². The second-order valence-corrected chi connectivity index (χ2v) is 6.98. The van der Waals surface area contributed by atoms with Crippen LogP contribution in [0, 0.1) is 0 Å². The maximum absolute atomic E-state index is 12.4. The first-order valence-corrected chi connectivity index (χ1v) is 9.56. The molecule has 0 bridgehead atoms. The molecule has 1 aliphatic heterocycles. The van der Waals surface area contributed by atoms with Gasteiger partial charge in [-0.3, -0.25) is 14.4 Å². The molecule has 0 aromatic carbocycles. The van der Waals surface area contributed by atoms with Gasteiger partial charge in [0.25, 0.3) is 0 Å². The number of aliphatic carboxylic acids is 1. The summed E-state index contributed by atoms with van der Waals surface area (Å²) in [6, 6.07) is 0.673. The molecule has 2 rings (SSSR count). The number of ether oxygens (including phenoxy) is 1. The minimum absolute atomic E-state index is 0.112. The van der Waals surface area contributed by atoms with Gasteiger partial charge in [-0.1, -0.05) is 0 Å². The zero-order chi connectivity index (χ0) is 23.8. The molecule has 0 aliphatic carbocycles. The van der Waals surface area contributed by atoms with Gasteiger partial charge < -0.3 is 45.5 Å². The van der Waals surface area contributed by atoms with Crippen LogP contribution < -0.4 is 16.0 Å². The first-order chi connectivity index (χ1) is 15.1. The Morgan fingerprint density at radius 3 is 2.44 bits per heavy atom. The zero-order valence-electron chi connectivity index (χ0n) is 17.1. The second-order valence-electron chi connectivity index (χ2n) is 6.98. The fourth-order valence-electron chi connectivity index (χ4n) is 3.05. The largest absolute Gasteiger partial charge is 0.478 e. The smallest absolute Gasteiger partial charge is 0.370 e. The standard InChI is InChI=1S/C19H25N3O10/c1-9(24)21-16-10(5-14(19(29)30)32-18(16)17(28)12(26)8-23)22-15(27)7-20-6-11(25)13-3-2-4-31-13/h2-5,10,12,16-18,20,23,26,28H,6-8H2,1H3,(H,21,24)(H,22,27)(H,29,30)/t10-,12+,16+,17+,18-/m0/s1. The highest BCUT2D eigenvalue weighted by molar-refractivity contribution is 5.95. The van der Waals surface area contributed by atoms with Crippen molar-refractivity contribution in [2.45, 2.75) is 37.3 Å². The van der Waals surface area contributed by atoms with E-state index in [4.69, 9.17) is 14.3 Å². The topological polar surface area (TPSA) is 208 Å². The third kappa shape index (κ3) is 6.62. The number of rotatable bonds is 11. The minimum atomic E-state index is -1.79. The molecule has 1 aromatic rings. The Hall–Kier alpha value is -3.26. The lowest BCUT2D eigenvalue weighted by atomic mass is 9.92. The fraction of sp³-hybridized carbons (Fsp3) is 0.474. The Morgan fingerprint density at radius 1 is 1.16 bits per heavy atom. The third-order valence-corrected chi connectivity index (χ3v) is 4.53. The normalized spacial score (nSPS) is 22.1. The summed E-state index contributed by atoms with van der Waals surface area (Å²) in [7, 11) is 0. The Balaban J connectivity index is 2.12. The molecule has 1 aromatic heterocycles. The van der Waals surface area contributed by atoms with Crippen molar-refractivity contribution in [2.75, 3.05) is 19.7 Å². The number of hydrogen-bond acceptors (Lipinski definition) is 10. The van der Waals surface area contributed by atoms with Crippen LogP contribution in [0.4, 0.5) is 0 Å². The molecule has 0 radical (unpaired) electrons. The van der Waals surface area contributed by atoms with Crippen molar-refractivity contribution in [3.05, 3.63) is 36.0 Å². The van der Waals surface area contributed by atoms with Crippen molar-refractivity contribution in [1.82, 2.24) is 16.0 Å². The molecule has 32 heavy (non-hydrogen) atoms. The molecule has 0 unspecified atom stereocenters. The maximum Gasteiger partial charge on any atom is 0.370 e. The Bertz CT molecular complexity index is 854. The number of ketones is 1. The number of amides is 2. The number of carbonyl (C=O) groups excluding carboxylic acids is 3. The van der Waals surface area contributed by atoms with E-state index in [1.54, 1.807) is 0 Å². The van der Waals surface area contributed by atoms with Crippen molar-refractivity contribution in [1.29, 1.82) is 0 Å². The van der Waals surface area contributed by atoms with Gasteiger partial charge in [-0.25, -0.2) is 4.79 Å². The highest BCUT2D eigenvalue weighted by atomic mass is 16.5. The number of Topliss-reactive ketones (excluding diaryl/α,β-unsaturated/α-hetero) is 1. The summed E-state index contributed by atoms with van der Waals surface area (Å²) in [4.78, 5) is 47.3. The van der Waals surface area contributed by atoms with E-state index in [1.807, 2.05) is 0 Å². The van der Waals surface area contributed by atoms with Crippen LogP contribution in [0.2, 0.25) is 0 Å². The molecule has 0 spiro atoms. The van der Waals surface area contributed by atoms with Crippen LogP contribution in [0.15, 0.2) is 34.6 Å². The average Bonchev–Trinajstić information content (AvgIpc) is 3.28. The third-order valence-electron chi connectivity index (χ3n) is 4.53. The SMILES string of the molecule is CC(=O)N[C@H]1[C@@H]([C@H](O)[C@H](O)CO)OC(C(=O)O)=C[C@@H]1NC(=O)CNCC(=O)c1ccco1. The van der Waals surface area contributed by atoms with Crippen LogP contribution >= 0.6 is 0 Å². The molecule has 176 valence electrons. The number of hydrogen-bond donors (Lipinski definition) is 7. The molecule has 7 N–H and O–H groups in total. The van der Waals surface area contributed by atoms with Gasteiger partial charge in [-0.15, -0.1) is 0 Å². The lowest BCUT2D eigenvalue weighted by molar-refractivity contribution is -0.147. The van der Waals surface area contributed by atoms with Crippen molar-refractivity contribution >= 4 is 23.6 Å². The summed E-state index contributed by atoms with van der Waals surface area (Å²) in [5.41, 5.74) is 0. The van der Waals surface area contributed by atoms with Gasteiger partial charge in [-0.05, 0) is 18.2 Å². The first-order valence-electron chi connectivity index (χ1n) is 9.56. The predicted molar refractivity (Wildman–Crippen MR) is 105 cm³/mol. The molecular formula is C19H25N3O10. The van der Waals surface area contributed by atoms with Crippen molar-refractivity contribution in [3.63, 3.8) is 0 Å². The maximum atomic E-state index is 12.4. The quantitative estimate of drug-likeness (QED) is 0.169. The number of furan rings is 1. The highest BCUT2D eigenvalue weighted by Crippen LogP contribution is 2.23. The summed E-state index contributed by atoms with van der Waals surface area (Å²) in [6.07, 6.45) is -2.63. The van der Waals surface area contributed by atoms with Crippen LogP contribution in [0.3, 0.4) is 0 Å². The fourth-order valence-corrected chi connectivity index (χ4v) is 3.05. The molecule has 0 fully saturated rings. The summed E-state index contributed by atoms with van der Waals surface area (Å²) < 4.78 is 10.2.